The maximum Gasteiger partial charge on any atom is 0.233 e. The minimum atomic E-state index is -0.0555. The average Bonchev–Trinajstić information content (AvgIpc) is 3.19. The summed E-state index contributed by atoms with van der Waals surface area (Å²) < 4.78 is 6.86. The van der Waals surface area contributed by atoms with Crippen LogP contribution in [0.1, 0.15) is 11.5 Å². The predicted molar refractivity (Wildman–Crippen MR) is 101 cm³/mol. The van der Waals surface area contributed by atoms with Gasteiger partial charge in [0, 0.05) is 17.6 Å². The fourth-order valence-electron chi connectivity index (χ4n) is 2.30. The largest absolute Gasteiger partial charge is 0.464 e. The first-order chi connectivity index (χ1) is 12.4. The lowest BCUT2D eigenvalue weighted by Gasteiger charge is -2.15. The minimum absolute atomic E-state index is 0.0555. The topological polar surface area (TPSA) is 90.2 Å². The van der Waals surface area contributed by atoms with Crippen LogP contribution in [0.3, 0.4) is 0 Å². The number of halogens is 1. The number of carbonyl (C=O) groups excluding carboxylic acids is 1. The first kappa shape index (κ1) is 18.3. The molecule has 0 saturated carbocycles. The second-order valence-corrected chi connectivity index (χ2v) is 7.11. The van der Waals surface area contributed by atoms with Gasteiger partial charge in [-0.1, -0.05) is 23.4 Å². The molecule has 0 unspecified atom stereocenters. The van der Waals surface area contributed by atoms with Gasteiger partial charge < -0.3 is 15.2 Å². The normalized spacial score (nSPS) is 10.9. The summed E-state index contributed by atoms with van der Waals surface area (Å²) in [5, 5.41) is 9.25. The number of nitrogens with zero attached hydrogens (tertiary/aromatic N) is 4. The maximum absolute atomic E-state index is 12.3. The molecule has 2 aromatic heterocycles. The van der Waals surface area contributed by atoms with E-state index in [4.69, 9.17) is 21.9 Å². The summed E-state index contributed by atoms with van der Waals surface area (Å²) in [7, 11) is 1.73. The molecule has 0 aliphatic carbocycles. The van der Waals surface area contributed by atoms with Crippen LogP contribution >= 0.6 is 23.4 Å². The van der Waals surface area contributed by atoms with Gasteiger partial charge in [0.25, 0.3) is 0 Å². The number of hydrogen-bond donors (Lipinski definition) is 1. The van der Waals surface area contributed by atoms with Crippen LogP contribution in [0.5, 0.6) is 0 Å². The first-order valence-corrected chi connectivity index (χ1v) is 9.19. The number of benzene rings is 1. The second kappa shape index (κ2) is 7.84. The van der Waals surface area contributed by atoms with Crippen molar-refractivity contribution < 1.29 is 9.21 Å². The Kier molecular flexibility index (Phi) is 5.53. The number of rotatable bonds is 6. The molecule has 3 rings (SSSR count). The van der Waals surface area contributed by atoms with Crippen molar-refractivity contribution in [2.24, 2.45) is 0 Å². The zero-order chi connectivity index (χ0) is 18.7. The van der Waals surface area contributed by atoms with E-state index in [0.29, 0.717) is 22.5 Å². The Morgan fingerprint density at radius 2 is 2.00 bits per heavy atom. The molecule has 0 aliphatic rings. The Labute approximate surface area is 160 Å². The van der Waals surface area contributed by atoms with Gasteiger partial charge >= 0.3 is 0 Å². The molecule has 0 atom stereocenters. The zero-order valence-electron chi connectivity index (χ0n) is 14.3. The molecule has 7 nitrogen and oxygen atoms in total. The maximum atomic E-state index is 12.3. The van der Waals surface area contributed by atoms with Gasteiger partial charge in [-0.15, -0.1) is 10.2 Å². The number of nitrogen functional groups attached to an aromatic ring is 1. The Bertz CT molecular complexity index is 906. The van der Waals surface area contributed by atoms with E-state index in [1.54, 1.807) is 24.1 Å². The van der Waals surface area contributed by atoms with Gasteiger partial charge in [0.05, 0.1) is 12.3 Å². The summed E-state index contributed by atoms with van der Waals surface area (Å²) >= 11 is 7.12. The van der Waals surface area contributed by atoms with E-state index in [-0.39, 0.29) is 11.7 Å². The van der Waals surface area contributed by atoms with E-state index in [2.05, 4.69) is 10.2 Å². The van der Waals surface area contributed by atoms with Crippen molar-refractivity contribution in [2.75, 3.05) is 18.6 Å². The molecule has 0 spiro atoms. The summed E-state index contributed by atoms with van der Waals surface area (Å²) in [5.41, 5.74) is 0.799. The van der Waals surface area contributed by atoms with Crippen LogP contribution in [-0.2, 0) is 11.3 Å². The van der Waals surface area contributed by atoms with E-state index >= 15 is 0 Å². The predicted octanol–water partition coefficient (Wildman–Crippen LogP) is 2.96. The number of aryl methyl sites for hydroxylation is 1. The van der Waals surface area contributed by atoms with E-state index in [1.807, 2.05) is 31.2 Å². The van der Waals surface area contributed by atoms with Crippen LogP contribution in [0.25, 0.3) is 11.4 Å². The number of thioether (sulfide) groups is 1. The van der Waals surface area contributed by atoms with E-state index < -0.39 is 0 Å². The van der Waals surface area contributed by atoms with Gasteiger partial charge in [-0.3, -0.25) is 4.79 Å². The molecule has 0 radical (unpaired) electrons. The molecule has 1 amide bonds. The molecule has 0 saturated heterocycles. The smallest absolute Gasteiger partial charge is 0.233 e. The fraction of sp³-hybridized carbons (Fsp3) is 0.235. The summed E-state index contributed by atoms with van der Waals surface area (Å²) in [4.78, 5) is 13.9. The Morgan fingerprint density at radius 1 is 1.27 bits per heavy atom. The molecule has 3 aromatic rings. The van der Waals surface area contributed by atoms with Crippen LogP contribution in [0.2, 0.25) is 5.02 Å². The molecule has 0 aliphatic heterocycles. The molecule has 0 bridgehead atoms. The van der Waals surface area contributed by atoms with Gasteiger partial charge in [0.2, 0.25) is 11.1 Å². The fourth-order valence-corrected chi connectivity index (χ4v) is 3.22. The highest BCUT2D eigenvalue weighted by molar-refractivity contribution is 7.99. The molecule has 9 heteroatoms. The van der Waals surface area contributed by atoms with Crippen molar-refractivity contribution in [3.8, 4) is 11.4 Å². The Balaban J connectivity index is 1.61. The Hall–Kier alpha value is -2.45. The third-order valence-corrected chi connectivity index (χ3v) is 4.89. The molecular weight excluding hydrogens is 374 g/mol. The van der Waals surface area contributed by atoms with Crippen LogP contribution in [0.15, 0.2) is 46.0 Å². The van der Waals surface area contributed by atoms with Gasteiger partial charge in [-0.2, -0.15) is 0 Å². The number of hydrogen-bond acceptors (Lipinski definition) is 6. The molecule has 2 heterocycles. The average molecular weight is 392 g/mol. The molecule has 2 N–H and O–H groups in total. The SMILES string of the molecule is Cc1ccc(CN(C)C(=O)CSc2nnc(-c3ccc(Cl)cc3)n2N)o1. The number of aromatic nitrogens is 3. The molecule has 26 heavy (non-hydrogen) atoms. The summed E-state index contributed by atoms with van der Waals surface area (Å²) in [6, 6.07) is 10.9. The van der Waals surface area contributed by atoms with Crippen LogP contribution in [0.4, 0.5) is 0 Å². The van der Waals surface area contributed by atoms with E-state index in [0.717, 1.165) is 17.1 Å². The number of amides is 1. The molecule has 136 valence electrons. The van der Waals surface area contributed by atoms with Crippen molar-refractivity contribution in [1.82, 2.24) is 19.8 Å². The van der Waals surface area contributed by atoms with Gasteiger partial charge in [0.15, 0.2) is 5.82 Å². The van der Waals surface area contributed by atoms with Crippen molar-refractivity contribution in [3.05, 3.63) is 52.9 Å². The summed E-state index contributed by atoms with van der Waals surface area (Å²) in [6.45, 7) is 2.28. The highest BCUT2D eigenvalue weighted by atomic mass is 35.5. The van der Waals surface area contributed by atoms with E-state index in [1.165, 1.54) is 16.4 Å². The summed E-state index contributed by atoms with van der Waals surface area (Å²) in [5.74, 6) is 8.28. The first-order valence-electron chi connectivity index (χ1n) is 7.82. The minimum Gasteiger partial charge on any atom is -0.464 e. The van der Waals surface area contributed by atoms with Crippen molar-refractivity contribution in [3.63, 3.8) is 0 Å². The van der Waals surface area contributed by atoms with Crippen molar-refractivity contribution in [1.29, 1.82) is 0 Å². The monoisotopic (exact) mass is 391 g/mol. The second-order valence-electron chi connectivity index (χ2n) is 5.73. The van der Waals surface area contributed by atoms with Crippen LogP contribution in [0, 0.1) is 6.92 Å². The standard InChI is InChI=1S/C17H18ClN5O2S/c1-11-3-8-14(25-11)9-22(2)15(24)10-26-17-21-20-16(23(17)19)12-4-6-13(18)7-5-12/h3-8H,9-10,19H2,1-2H3. The quantitative estimate of drug-likeness (QED) is 0.513. The lowest BCUT2D eigenvalue weighted by atomic mass is 10.2. The van der Waals surface area contributed by atoms with Gasteiger partial charge in [-0.05, 0) is 43.3 Å². The highest BCUT2D eigenvalue weighted by Gasteiger charge is 2.16. The number of carbonyl (C=O) groups is 1. The van der Waals surface area contributed by atoms with E-state index in [9.17, 15) is 4.79 Å². The van der Waals surface area contributed by atoms with Gasteiger partial charge in [0.1, 0.15) is 11.5 Å². The third kappa shape index (κ3) is 4.20. The summed E-state index contributed by atoms with van der Waals surface area (Å²) in [6.07, 6.45) is 0. The van der Waals surface area contributed by atoms with Crippen molar-refractivity contribution in [2.45, 2.75) is 18.6 Å². The van der Waals surface area contributed by atoms with Crippen LogP contribution < -0.4 is 5.84 Å². The lowest BCUT2D eigenvalue weighted by Crippen LogP contribution is -2.27. The molecule has 0 fully saturated rings. The Morgan fingerprint density at radius 3 is 2.65 bits per heavy atom. The third-order valence-electron chi connectivity index (χ3n) is 3.71. The zero-order valence-corrected chi connectivity index (χ0v) is 15.9. The molecule has 1 aromatic carbocycles. The molecular formula is C17H18ClN5O2S. The van der Waals surface area contributed by atoms with Gasteiger partial charge in [-0.25, -0.2) is 4.68 Å². The van der Waals surface area contributed by atoms with Crippen LogP contribution in [-0.4, -0.2) is 38.5 Å². The number of furan rings is 1. The number of nitrogens with two attached hydrogens (primary N) is 1. The highest BCUT2D eigenvalue weighted by Crippen LogP contribution is 2.23. The van der Waals surface area contributed by atoms with Crippen molar-refractivity contribution >= 4 is 29.3 Å². The lowest BCUT2D eigenvalue weighted by molar-refractivity contribution is -0.127.